The van der Waals surface area contributed by atoms with Gasteiger partial charge in [-0.1, -0.05) is 48.2 Å². The molecule has 1 unspecified atom stereocenters. The second kappa shape index (κ2) is 6.76. The fraction of sp³-hybridized carbons (Fsp3) is 0.294. The molecule has 3 rings (SSSR count). The fourth-order valence-electron chi connectivity index (χ4n) is 2.29. The summed E-state index contributed by atoms with van der Waals surface area (Å²) in [5.74, 6) is 1.08. The van der Waals surface area contributed by atoms with Crippen molar-refractivity contribution in [3.63, 3.8) is 0 Å². The summed E-state index contributed by atoms with van der Waals surface area (Å²) in [4.78, 5) is 8.94. The lowest BCUT2D eigenvalue weighted by Crippen LogP contribution is -2.29. The lowest BCUT2D eigenvalue weighted by atomic mass is 10.1. The van der Waals surface area contributed by atoms with Crippen molar-refractivity contribution >= 4 is 16.9 Å². The van der Waals surface area contributed by atoms with Gasteiger partial charge < -0.3 is 5.32 Å². The monoisotopic (exact) mass is 297 g/mol. The molecule has 1 atom stereocenters. The molecule has 1 N–H and O–H groups in total. The molecule has 0 spiro atoms. The van der Waals surface area contributed by atoms with Gasteiger partial charge in [0.2, 0.25) is 0 Å². The van der Waals surface area contributed by atoms with Gasteiger partial charge in [0, 0.05) is 23.7 Å². The third-order valence-electron chi connectivity index (χ3n) is 3.45. The Balaban J connectivity index is 1.54. The SMILES string of the molecule is Cc1ccc(CN=C2NC(Cc3ccccc3)CS2)cn1. The second-order valence-electron chi connectivity index (χ2n) is 5.27. The number of rotatable bonds is 4. The van der Waals surface area contributed by atoms with Crippen LogP contribution in [0.25, 0.3) is 0 Å². The van der Waals surface area contributed by atoms with E-state index < -0.39 is 0 Å². The number of pyridine rings is 1. The van der Waals surface area contributed by atoms with Crippen LogP contribution in [0.4, 0.5) is 0 Å². The van der Waals surface area contributed by atoms with Crippen molar-refractivity contribution in [3.05, 3.63) is 65.5 Å². The van der Waals surface area contributed by atoms with Crippen LogP contribution < -0.4 is 5.32 Å². The Hall–Kier alpha value is -1.81. The molecule has 1 saturated heterocycles. The van der Waals surface area contributed by atoms with Crippen molar-refractivity contribution in [1.82, 2.24) is 10.3 Å². The first-order valence-corrected chi connectivity index (χ1v) is 8.17. The third kappa shape index (κ3) is 4.08. The maximum absolute atomic E-state index is 4.64. The maximum atomic E-state index is 4.64. The van der Waals surface area contributed by atoms with Gasteiger partial charge in [-0.3, -0.25) is 9.98 Å². The van der Waals surface area contributed by atoms with Gasteiger partial charge in [-0.25, -0.2) is 0 Å². The first-order valence-electron chi connectivity index (χ1n) is 7.19. The molecule has 1 aliphatic heterocycles. The van der Waals surface area contributed by atoms with E-state index in [0.717, 1.165) is 28.6 Å². The molecule has 0 bridgehead atoms. The molecule has 2 heterocycles. The number of nitrogens with one attached hydrogen (secondary N) is 1. The first-order chi connectivity index (χ1) is 10.3. The van der Waals surface area contributed by atoms with E-state index in [1.165, 1.54) is 5.56 Å². The van der Waals surface area contributed by atoms with Gasteiger partial charge in [0.25, 0.3) is 0 Å². The van der Waals surface area contributed by atoms with Gasteiger partial charge >= 0.3 is 0 Å². The Kier molecular flexibility index (Phi) is 4.55. The van der Waals surface area contributed by atoms with E-state index in [2.05, 4.69) is 51.7 Å². The second-order valence-corrected chi connectivity index (χ2v) is 6.28. The Morgan fingerprint density at radius 2 is 2.05 bits per heavy atom. The summed E-state index contributed by atoms with van der Waals surface area (Å²) in [5.41, 5.74) is 3.57. The number of thioether (sulfide) groups is 1. The number of aliphatic imine (C=N–C) groups is 1. The normalized spacial score (nSPS) is 19.7. The van der Waals surface area contributed by atoms with Crippen LogP contribution in [0.1, 0.15) is 16.8 Å². The van der Waals surface area contributed by atoms with E-state index in [1.807, 2.05) is 30.9 Å². The van der Waals surface area contributed by atoms with Gasteiger partial charge in [0.1, 0.15) is 0 Å². The third-order valence-corrected chi connectivity index (χ3v) is 4.54. The summed E-state index contributed by atoms with van der Waals surface area (Å²) in [5, 5.41) is 4.57. The number of nitrogens with zero attached hydrogens (tertiary/aromatic N) is 2. The van der Waals surface area contributed by atoms with Gasteiger partial charge in [0.15, 0.2) is 5.17 Å². The lowest BCUT2D eigenvalue weighted by molar-refractivity contribution is 0.686. The smallest absolute Gasteiger partial charge is 0.157 e. The van der Waals surface area contributed by atoms with Crippen LogP contribution in [0.15, 0.2) is 53.7 Å². The number of aryl methyl sites for hydroxylation is 1. The maximum Gasteiger partial charge on any atom is 0.157 e. The van der Waals surface area contributed by atoms with E-state index in [9.17, 15) is 0 Å². The zero-order valence-corrected chi connectivity index (χ0v) is 12.9. The summed E-state index contributed by atoms with van der Waals surface area (Å²) in [6.45, 7) is 2.69. The van der Waals surface area contributed by atoms with Gasteiger partial charge in [-0.2, -0.15) is 0 Å². The summed E-state index contributed by atoms with van der Waals surface area (Å²) in [7, 11) is 0. The molecule has 0 saturated carbocycles. The summed E-state index contributed by atoms with van der Waals surface area (Å²) in [6.07, 6.45) is 2.96. The highest BCUT2D eigenvalue weighted by molar-refractivity contribution is 8.14. The highest BCUT2D eigenvalue weighted by Gasteiger charge is 2.20. The Morgan fingerprint density at radius 3 is 2.81 bits per heavy atom. The van der Waals surface area contributed by atoms with Crippen molar-refractivity contribution in [2.24, 2.45) is 4.99 Å². The number of hydrogen-bond acceptors (Lipinski definition) is 3. The van der Waals surface area contributed by atoms with Crippen LogP contribution in [0.3, 0.4) is 0 Å². The van der Waals surface area contributed by atoms with E-state index in [0.29, 0.717) is 12.6 Å². The largest absolute Gasteiger partial charge is 0.361 e. The standard InChI is InChI=1S/C17H19N3S/c1-13-7-8-15(10-18-13)11-19-17-20-16(12-21-17)9-14-5-3-2-4-6-14/h2-8,10,16H,9,11-12H2,1H3,(H,19,20). The van der Waals surface area contributed by atoms with Crippen LogP contribution in [-0.2, 0) is 13.0 Å². The zero-order valence-electron chi connectivity index (χ0n) is 12.1. The Morgan fingerprint density at radius 1 is 1.19 bits per heavy atom. The average Bonchev–Trinajstić information content (AvgIpc) is 2.95. The quantitative estimate of drug-likeness (QED) is 0.941. The van der Waals surface area contributed by atoms with E-state index in [-0.39, 0.29) is 0 Å². The molecule has 21 heavy (non-hydrogen) atoms. The Labute approximate surface area is 129 Å². The summed E-state index contributed by atoms with van der Waals surface area (Å²) >= 11 is 1.81. The van der Waals surface area contributed by atoms with Crippen LogP contribution in [0.2, 0.25) is 0 Å². The molecule has 108 valence electrons. The minimum absolute atomic E-state index is 0.479. The molecule has 0 amide bonds. The number of amidine groups is 1. The number of benzene rings is 1. The minimum Gasteiger partial charge on any atom is -0.361 e. The van der Waals surface area contributed by atoms with Crippen molar-refractivity contribution in [3.8, 4) is 0 Å². The predicted molar refractivity (Wildman–Crippen MR) is 89.6 cm³/mol. The van der Waals surface area contributed by atoms with Gasteiger partial charge in [0.05, 0.1) is 6.54 Å². The highest BCUT2D eigenvalue weighted by Crippen LogP contribution is 2.18. The zero-order chi connectivity index (χ0) is 14.5. The predicted octanol–water partition coefficient (Wildman–Crippen LogP) is 3.19. The molecule has 1 fully saturated rings. The molecule has 1 aromatic carbocycles. The van der Waals surface area contributed by atoms with Crippen molar-refractivity contribution in [2.45, 2.75) is 25.9 Å². The lowest BCUT2D eigenvalue weighted by Gasteiger charge is -2.09. The molecule has 3 nitrogen and oxygen atoms in total. The topological polar surface area (TPSA) is 37.3 Å². The molecule has 1 aliphatic rings. The minimum atomic E-state index is 0.479. The molecular weight excluding hydrogens is 278 g/mol. The van der Waals surface area contributed by atoms with E-state index in [1.54, 1.807) is 0 Å². The molecule has 1 aromatic heterocycles. The van der Waals surface area contributed by atoms with Gasteiger partial charge in [-0.05, 0) is 30.5 Å². The van der Waals surface area contributed by atoms with Crippen LogP contribution in [0, 0.1) is 6.92 Å². The Bertz CT molecular complexity index is 608. The number of hydrogen-bond donors (Lipinski definition) is 1. The van der Waals surface area contributed by atoms with Crippen LogP contribution >= 0.6 is 11.8 Å². The molecule has 0 radical (unpaired) electrons. The number of aromatic nitrogens is 1. The van der Waals surface area contributed by atoms with Crippen molar-refractivity contribution in [2.75, 3.05) is 5.75 Å². The summed E-state index contributed by atoms with van der Waals surface area (Å²) in [6, 6.07) is 15.2. The first kappa shape index (κ1) is 14.1. The van der Waals surface area contributed by atoms with Crippen LogP contribution in [-0.4, -0.2) is 21.9 Å². The van der Waals surface area contributed by atoms with E-state index >= 15 is 0 Å². The van der Waals surface area contributed by atoms with E-state index in [4.69, 9.17) is 0 Å². The highest BCUT2D eigenvalue weighted by atomic mass is 32.2. The van der Waals surface area contributed by atoms with Gasteiger partial charge in [-0.15, -0.1) is 0 Å². The molecular formula is C17H19N3S. The fourth-order valence-corrected chi connectivity index (χ4v) is 3.26. The molecule has 0 aliphatic carbocycles. The summed E-state index contributed by atoms with van der Waals surface area (Å²) < 4.78 is 0. The molecule has 4 heteroatoms. The van der Waals surface area contributed by atoms with Crippen molar-refractivity contribution in [1.29, 1.82) is 0 Å². The average molecular weight is 297 g/mol. The van der Waals surface area contributed by atoms with Crippen molar-refractivity contribution < 1.29 is 0 Å². The van der Waals surface area contributed by atoms with Crippen LogP contribution in [0.5, 0.6) is 0 Å². The molecule has 2 aromatic rings.